The van der Waals surface area contributed by atoms with Gasteiger partial charge < -0.3 is 10.5 Å². The molecular weight excluding hydrogens is 258 g/mol. The van der Waals surface area contributed by atoms with Crippen molar-refractivity contribution in [3.05, 3.63) is 28.7 Å². The van der Waals surface area contributed by atoms with E-state index in [4.69, 9.17) is 10.5 Å². The molecule has 0 amide bonds. The van der Waals surface area contributed by atoms with Crippen LogP contribution in [0.4, 0.5) is 5.69 Å². The minimum Gasteiger partial charge on any atom is -0.390 e. The number of nitrogens with zero attached hydrogens (tertiary/aromatic N) is 2. The molecule has 0 atom stereocenters. The molecule has 1 rings (SSSR count). The normalized spacial score (nSPS) is 12.3. The van der Waals surface area contributed by atoms with Gasteiger partial charge in [0.1, 0.15) is 6.61 Å². The van der Waals surface area contributed by atoms with Gasteiger partial charge in [-0.3, -0.25) is 0 Å². The van der Waals surface area contributed by atoms with Gasteiger partial charge in [-0.15, -0.1) is 0 Å². The molecule has 0 aliphatic rings. The summed E-state index contributed by atoms with van der Waals surface area (Å²) < 4.78 is 5.95. The van der Waals surface area contributed by atoms with Crippen LogP contribution in [0.1, 0.15) is 0 Å². The van der Waals surface area contributed by atoms with Gasteiger partial charge in [0.05, 0.1) is 12.0 Å². The highest BCUT2D eigenvalue weighted by Crippen LogP contribution is 2.17. The molecule has 4 nitrogen and oxygen atoms in total. The fourth-order valence-corrected chi connectivity index (χ4v) is 1.24. The Balaban J connectivity index is 2.86. The van der Waals surface area contributed by atoms with E-state index >= 15 is 0 Å². The number of aliphatic imine (C=N–C) groups is 2. The Hall–Kier alpha value is -1.20. The monoisotopic (exact) mass is 269 g/mol. The smallest absolute Gasteiger partial charge is 0.156 e. The summed E-state index contributed by atoms with van der Waals surface area (Å²) in [5.41, 5.74) is 6.02. The lowest BCUT2D eigenvalue weighted by Gasteiger charge is -1.99. The Morgan fingerprint density at radius 3 is 2.67 bits per heavy atom. The Bertz CT molecular complexity index is 359. The van der Waals surface area contributed by atoms with E-state index < -0.39 is 0 Å². The second-order valence-corrected chi connectivity index (χ2v) is 3.63. The van der Waals surface area contributed by atoms with Crippen LogP contribution in [0, 0.1) is 0 Å². The second-order valence-electron chi connectivity index (χ2n) is 2.72. The zero-order valence-corrected chi connectivity index (χ0v) is 9.94. The van der Waals surface area contributed by atoms with E-state index in [-0.39, 0.29) is 0 Å². The second kappa shape index (κ2) is 6.31. The molecule has 0 saturated heterocycles. The molecule has 80 valence electrons. The summed E-state index contributed by atoms with van der Waals surface area (Å²) in [6.45, 7) is 0.337. The fourth-order valence-electron chi connectivity index (χ4n) is 0.978. The Kier molecular flexibility index (Phi) is 5.00. The van der Waals surface area contributed by atoms with E-state index in [2.05, 4.69) is 25.9 Å². The third-order valence-corrected chi connectivity index (χ3v) is 2.11. The molecule has 0 heterocycles. The van der Waals surface area contributed by atoms with Crippen LogP contribution >= 0.6 is 15.9 Å². The van der Waals surface area contributed by atoms with Crippen molar-refractivity contribution in [2.75, 3.05) is 13.7 Å². The standard InChI is InChI=1S/C10H12BrN3O/c1-15-6-10(13-7-12)14-9-4-2-8(11)3-5-9/h2-5,7H,6H2,1H3,(H2,12,13,14). The molecule has 0 aliphatic heterocycles. The van der Waals surface area contributed by atoms with Gasteiger partial charge in [0.15, 0.2) is 5.84 Å². The van der Waals surface area contributed by atoms with Crippen molar-refractivity contribution in [2.45, 2.75) is 0 Å². The minimum atomic E-state index is 0.337. The molecular formula is C10H12BrN3O. The topological polar surface area (TPSA) is 60.0 Å². The van der Waals surface area contributed by atoms with Crippen molar-refractivity contribution in [3.63, 3.8) is 0 Å². The molecule has 5 heteroatoms. The quantitative estimate of drug-likeness (QED) is 0.675. The van der Waals surface area contributed by atoms with Gasteiger partial charge in [-0.1, -0.05) is 15.9 Å². The Morgan fingerprint density at radius 2 is 2.13 bits per heavy atom. The van der Waals surface area contributed by atoms with Crippen LogP contribution in [0.2, 0.25) is 0 Å². The third kappa shape index (κ3) is 4.22. The number of hydrogen-bond acceptors (Lipinski definition) is 2. The minimum absolute atomic E-state index is 0.337. The highest BCUT2D eigenvalue weighted by Gasteiger charge is 1.96. The van der Waals surface area contributed by atoms with Crippen LogP contribution in [0.5, 0.6) is 0 Å². The summed E-state index contributed by atoms with van der Waals surface area (Å²) in [7, 11) is 1.59. The number of ether oxygens (including phenoxy) is 1. The number of amidine groups is 1. The molecule has 2 N–H and O–H groups in total. The zero-order chi connectivity index (χ0) is 11.1. The zero-order valence-electron chi connectivity index (χ0n) is 8.35. The molecule has 0 bridgehead atoms. The van der Waals surface area contributed by atoms with Crippen LogP contribution in [-0.2, 0) is 4.74 Å². The molecule has 0 aromatic heterocycles. The Morgan fingerprint density at radius 1 is 1.47 bits per heavy atom. The van der Waals surface area contributed by atoms with Crippen LogP contribution in [0.3, 0.4) is 0 Å². The maximum atomic E-state index is 5.20. The number of methoxy groups -OCH3 is 1. The first-order valence-corrected chi connectivity index (χ1v) is 5.12. The summed E-state index contributed by atoms with van der Waals surface area (Å²) in [4.78, 5) is 8.17. The maximum absolute atomic E-state index is 5.20. The van der Waals surface area contributed by atoms with E-state index in [1.165, 1.54) is 6.34 Å². The molecule has 1 aromatic carbocycles. The van der Waals surface area contributed by atoms with E-state index in [9.17, 15) is 0 Å². The molecule has 0 unspecified atom stereocenters. The number of rotatable bonds is 3. The van der Waals surface area contributed by atoms with E-state index in [1.54, 1.807) is 7.11 Å². The molecule has 0 radical (unpaired) electrons. The fraction of sp³-hybridized carbons (Fsp3) is 0.200. The van der Waals surface area contributed by atoms with Gasteiger partial charge >= 0.3 is 0 Å². The van der Waals surface area contributed by atoms with E-state index in [0.717, 1.165) is 10.2 Å². The lowest BCUT2D eigenvalue weighted by molar-refractivity contribution is 0.244. The van der Waals surface area contributed by atoms with Crippen molar-refractivity contribution in [1.29, 1.82) is 0 Å². The van der Waals surface area contributed by atoms with E-state index in [1.807, 2.05) is 24.3 Å². The third-order valence-electron chi connectivity index (χ3n) is 1.58. The van der Waals surface area contributed by atoms with Crippen molar-refractivity contribution in [2.24, 2.45) is 15.7 Å². The van der Waals surface area contributed by atoms with Gasteiger partial charge in [-0.05, 0) is 24.3 Å². The summed E-state index contributed by atoms with van der Waals surface area (Å²) in [6, 6.07) is 7.59. The van der Waals surface area contributed by atoms with Crippen molar-refractivity contribution < 1.29 is 4.74 Å². The summed E-state index contributed by atoms with van der Waals surface area (Å²) in [5, 5.41) is 0. The highest BCUT2D eigenvalue weighted by atomic mass is 79.9. The average Bonchev–Trinajstić information content (AvgIpc) is 2.22. The van der Waals surface area contributed by atoms with Gasteiger partial charge in [0, 0.05) is 11.6 Å². The van der Waals surface area contributed by atoms with Crippen molar-refractivity contribution >= 4 is 33.8 Å². The van der Waals surface area contributed by atoms with Crippen LogP contribution in [-0.4, -0.2) is 25.9 Å². The molecule has 1 aromatic rings. The first kappa shape index (κ1) is 11.9. The van der Waals surface area contributed by atoms with Gasteiger partial charge in [0.2, 0.25) is 0 Å². The predicted octanol–water partition coefficient (Wildman–Crippen LogP) is 2.11. The van der Waals surface area contributed by atoms with Crippen LogP contribution in [0.25, 0.3) is 0 Å². The largest absolute Gasteiger partial charge is 0.390 e. The molecule has 0 fully saturated rings. The van der Waals surface area contributed by atoms with Gasteiger partial charge in [-0.2, -0.15) is 0 Å². The van der Waals surface area contributed by atoms with Crippen molar-refractivity contribution in [3.8, 4) is 0 Å². The van der Waals surface area contributed by atoms with Gasteiger partial charge in [-0.25, -0.2) is 9.98 Å². The van der Waals surface area contributed by atoms with Gasteiger partial charge in [0.25, 0.3) is 0 Å². The number of hydrogen-bond donors (Lipinski definition) is 1. The number of benzene rings is 1. The maximum Gasteiger partial charge on any atom is 0.156 e. The Labute approximate surface area is 97.0 Å². The number of nitrogens with two attached hydrogens (primary N) is 1. The SMILES string of the molecule is COCC(N=CN)=Nc1ccc(Br)cc1. The molecule has 0 aliphatic carbocycles. The lowest BCUT2D eigenvalue weighted by atomic mass is 10.3. The molecule has 0 spiro atoms. The van der Waals surface area contributed by atoms with E-state index in [0.29, 0.717) is 12.4 Å². The molecule has 15 heavy (non-hydrogen) atoms. The van der Waals surface area contributed by atoms with Crippen LogP contribution < -0.4 is 5.73 Å². The highest BCUT2D eigenvalue weighted by molar-refractivity contribution is 9.10. The number of halogens is 1. The predicted molar refractivity (Wildman–Crippen MR) is 65.8 cm³/mol. The van der Waals surface area contributed by atoms with Crippen LogP contribution in [0.15, 0.2) is 38.7 Å². The average molecular weight is 270 g/mol. The first-order valence-electron chi connectivity index (χ1n) is 4.32. The summed E-state index contributed by atoms with van der Waals surface area (Å²) >= 11 is 3.35. The lowest BCUT2D eigenvalue weighted by Crippen LogP contribution is -2.05. The summed E-state index contributed by atoms with van der Waals surface area (Å²) in [6.07, 6.45) is 1.21. The van der Waals surface area contributed by atoms with Crippen molar-refractivity contribution in [1.82, 2.24) is 0 Å². The molecule has 0 saturated carbocycles. The first-order chi connectivity index (χ1) is 7.26. The summed E-state index contributed by atoms with van der Waals surface area (Å²) in [5.74, 6) is 0.544.